The molecular formula is C21H24N4O3. The number of aryl methyl sites for hydroxylation is 1. The number of aromatic nitrogens is 2. The Morgan fingerprint density at radius 2 is 2.11 bits per heavy atom. The van der Waals surface area contributed by atoms with E-state index in [0.29, 0.717) is 24.5 Å². The number of fused-ring (bicyclic) bond motifs is 2. The van der Waals surface area contributed by atoms with Gasteiger partial charge in [0.2, 0.25) is 5.91 Å². The van der Waals surface area contributed by atoms with Crippen LogP contribution in [0, 0.1) is 6.92 Å². The van der Waals surface area contributed by atoms with Crippen molar-refractivity contribution in [2.75, 3.05) is 30.0 Å². The number of ether oxygens (including phenoxy) is 1. The fourth-order valence-corrected chi connectivity index (χ4v) is 4.36. The summed E-state index contributed by atoms with van der Waals surface area (Å²) in [5, 5.41) is 13.7. The number of aliphatic hydroxyl groups is 1. The highest BCUT2D eigenvalue weighted by Crippen LogP contribution is 2.58. The highest BCUT2D eigenvalue weighted by molar-refractivity contribution is 5.89. The Hall–Kier alpha value is -2.51. The number of carbonyl (C=O) groups excluding carboxylic acids is 1. The van der Waals surface area contributed by atoms with Crippen molar-refractivity contribution < 1.29 is 14.6 Å². The zero-order valence-corrected chi connectivity index (χ0v) is 16.2. The molecule has 4 heterocycles. The molecule has 1 saturated heterocycles. The fourth-order valence-electron chi connectivity index (χ4n) is 4.36. The van der Waals surface area contributed by atoms with Crippen LogP contribution in [0.25, 0.3) is 0 Å². The molecule has 7 nitrogen and oxygen atoms in total. The third kappa shape index (κ3) is 2.77. The van der Waals surface area contributed by atoms with Crippen LogP contribution < -0.4 is 10.2 Å². The minimum absolute atomic E-state index is 0.135. The van der Waals surface area contributed by atoms with Crippen molar-refractivity contribution in [1.29, 1.82) is 0 Å². The summed E-state index contributed by atoms with van der Waals surface area (Å²) in [6.45, 7) is 5.17. The first kappa shape index (κ1) is 17.6. The number of anilines is 3. The van der Waals surface area contributed by atoms with Crippen molar-refractivity contribution in [1.82, 2.24) is 9.97 Å². The molecule has 1 spiro atoms. The van der Waals surface area contributed by atoms with Crippen LogP contribution in [0.5, 0.6) is 0 Å². The van der Waals surface area contributed by atoms with E-state index in [4.69, 9.17) is 9.72 Å². The number of hydrogen-bond donors (Lipinski definition) is 2. The third-order valence-electron chi connectivity index (χ3n) is 6.07. The monoisotopic (exact) mass is 380 g/mol. The van der Waals surface area contributed by atoms with Gasteiger partial charge in [0, 0.05) is 49.7 Å². The lowest BCUT2D eigenvalue weighted by molar-refractivity contribution is -0.114. The van der Waals surface area contributed by atoms with Crippen molar-refractivity contribution in [3.8, 4) is 0 Å². The maximum absolute atomic E-state index is 11.5. The molecule has 1 amide bonds. The molecule has 146 valence electrons. The molecule has 2 N–H and O–H groups in total. The number of nitrogens with one attached hydrogen (secondary N) is 1. The molecule has 2 aromatic heterocycles. The summed E-state index contributed by atoms with van der Waals surface area (Å²) in [6, 6.07) is 5.92. The van der Waals surface area contributed by atoms with E-state index < -0.39 is 5.60 Å². The van der Waals surface area contributed by atoms with Crippen LogP contribution in [0.15, 0.2) is 24.4 Å². The molecule has 2 fully saturated rings. The van der Waals surface area contributed by atoms with E-state index in [0.717, 1.165) is 36.5 Å². The summed E-state index contributed by atoms with van der Waals surface area (Å²) < 4.78 is 5.42. The molecule has 3 aliphatic rings. The van der Waals surface area contributed by atoms with E-state index in [-0.39, 0.29) is 17.9 Å². The molecule has 0 aromatic carbocycles. The summed E-state index contributed by atoms with van der Waals surface area (Å²) in [5.74, 6) is 1.22. The van der Waals surface area contributed by atoms with Crippen molar-refractivity contribution >= 4 is 23.2 Å². The van der Waals surface area contributed by atoms with Gasteiger partial charge >= 0.3 is 0 Å². The van der Waals surface area contributed by atoms with E-state index in [2.05, 4.69) is 15.2 Å². The molecule has 5 rings (SSSR count). The molecule has 1 aliphatic carbocycles. The number of rotatable bonds is 3. The maximum atomic E-state index is 11.5. The lowest BCUT2D eigenvalue weighted by Gasteiger charge is -2.25. The van der Waals surface area contributed by atoms with Gasteiger partial charge in [-0.2, -0.15) is 0 Å². The molecule has 1 unspecified atom stereocenters. The quantitative estimate of drug-likeness (QED) is 0.851. The van der Waals surface area contributed by atoms with Crippen LogP contribution in [0.4, 0.5) is 17.3 Å². The van der Waals surface area contributed by atoms with Gasteiger partial charge in [0.05, 0.1) is 18.0 Å². The van der Waals surface area contributed by atoms with Crippen LogP contribution in [0.2, 0.25) is 0 Å². The highest BCUT2D eigenvalue weighted by Gasteiger charge is 2.52. The number of pyridine rings is 2. The van der Waals surface area contributed by atoms with Crippen LogP contribution in [0.1, 0.15) is 43.0 Å². The minimum atomic E-state index is -1.03. The smallest absolute Gasteiger partial charge is 0.222 e. The fraction of sp³-hybridized carbons (Fsp3) is 0.476. The molecule has 0 radical (unpaired) electrons. The first-order valence-electron chi connectivity index (χ1n) is 9.74. The number of hydrogen-bond acceptors (Lipinski definition) is 6. The average Bonchev–Trinajstić information content (AvgIpc) is 3.17. The van der Waals surface area contributed by atoms with Crippen LogP contribution >= 0.6 is 0 Å². The van der Waals surface area contributed by atoms with E-state index in [1.54, 1.807) is 0 Å². The third-order valence-corrected chi connectivity index (χ3v) is 6.07. The SMILES string of the molecule is CC(=O)Nc1cc2c(cn1)C1(CC1)CN2c1cc(C)cc(C2(O)CCOC2)n1. The molecule has 28 heavy (non-hydrogen) atoms. The van der Waals surface area contributed by atoms with Gasteiger partial charge in [0.25, 0.3) is 0 Å². The summed E-state index contributed by atoms with van der Waals surface area (Å²) in [6.07, 6.45) is 4.71. The van der Waals surface area contributed by atoms with Crippen molar-refractivity contribution in [2.24, 2.45) is 0 Å². The van der Waals surface area contributed by atoms with E-state index in [9.17, 15) is 9.90 Å². The van der Waals surface area contributed by atoms with Gasteiger partial charge in [-0.25, -0.2) is 9.97 Å². The van der Waals surface area contributed by atoms with Gasteiger partial charge in [-0.3, -0.25) is 4.79 Å². The van der Waals surface area contributed by atoms with E-state index in [1.807, 2.05) is 31.3 Å². The second-order valence-corrected chi connectivity index (χ2v) is 8.36. The van der Waals surface area contributed by atoms with Crippen LogP contribution in [-0.2, 0) is 20.5 Å². The summed E-state index contributed by atoms with van der Waals surface area (Å²) in [5.41, 5.74) is 3.07. The summed E-state index contributed by atoms with van der Waals surface area (Å²) in [7, 11) is 0. The number of carbonyl (C=O) groups is 1. The first-order valence-corrected chi connectivity index (χ1v) is 9.74. The lowest BCUT2D eigenvalue weighted by atomic mass is 9.97. The van der Waals surface area contributed by atoms with Gasteiger partial charge in [-0.05, 0) is 37.5 Å². The van der Waals surface area contributed by atoms with Crippen molar-refractivity contribution in [3.63, 3.8) is 0 Å². The van der Waals surface area contributed by atoms with Crippen LogP contribution in [0.3, 0.4) is 0 Å². The second-order valence-electron chi connectivity index (χ2n) is 8.36. The molecule has 1 atom stereocenters. The minimum Gasteiger partial charge on any atom is -0.381 e. The Kier molecular flexibility index (Phi) is 3.76. The second kappa shape index (κ2) is 5.99. The Balaban J connectivity index is 1.58. The van der Waals surface area contributed by atoms with Gasteiger partial charge in [0.15, 0.2) is 0 Å². The van der Waals surface area contributed by atoms with Gasteiger partial charge in [-0.15, -0.1) is 0 Å². The molecule has 7 heteroatoms. The zero-order valence-electron chi connectivity index (χ0n) is 16.2. The predicted octanol–water partition coefficient (Wildman–Crippen LogP) is 2.53. The zero-order chi connectivity index (χ0) is 19.5. The molecular weight excluding hydrogens is 356 g/mol. The van der Waals surface area contributed by atoms with E-state index in [1.165, 1.54) is 12.5 Å². The van der Waals surface area contributed by atoms with Gasteiger partial charge in [0.1, 0.15) is 17.2 Å². The van der Waals surface area contributed by atoms with Gasteiger partial charge < -0.3 is 20.1 Å². The molecule has 2 aromatic rings. The molecule has 0 bridgehead atoms. The Labute approximate surface area is 163 Å². The Bertz CT molecular complexity index is 964. The average molecular weight is 380 g/mol. The number of amides is 1. The molecule has 2 aliphatic heterocycles. The van der Waals surface area contributed by atoms with Crippen molar-refractivity contribution in [2.45, 2.75) is 44.1 Å². The highest BCUT2D eigenvalue weighted by atomic mass is 16.5. The largest absolute Gasteiger partial charge is 0.381 e. The Morgan fingerprint density at radius 1 is 1.29 bits per heavy atom. The molecule has 1 saturated carbocycles. The maximum Gasteiger partial charge on any atom is 0.222 e. The normalized spacial score (nSPS) is 24.5. The predicted molar refractivity (Wildman–Crippen MR) is 105 cm³/mol. The first-order chi connectivity index (χ1) is 13.4. The lowest BCUT2D eigenvalue weighted by Crippen LogP contribution is -2.28. The van der Waals surface area contributed by atoms with E-state index >= 15 is 0 Å². The summed E-state index contributed by atoms with van der Waals surface area (Å²) >= 11 is 0. The van der Waals surface area contributed by atoms with Crippen LogP contribution in [-0.4, -0.2) is 40.7 Å². The topological polar surface area (TPSA) is 87.6 Å². The standard InChI is InChI=1S/C21H24N4O3/c1-13-7-17(21(27)5-6-28-12-21)24-19(8-13)25-11-20(3-4-20)15-10-22-18(9-16(15)25)23-14(2)26/h7-10,27H,3-6,11-12H2,1-2H3,(H,22,23,26). The van der Waals surface area contributed by atoms with Gasteiger partial charge in [-0.1, -0.05) is 0 Å². The number of nitrogens with zero attached hydrogens (tertiary/aromatic N) is 3. The summed E-state index contributed by atoms with van der Waals surface area (Å²) in [4.78, 5) is 22.9. The van der Waals surface area contributed by atoms with Crippen molar-refractivity contribution in [3.05, 3.63) is 41.2 Å². The Morgan fingerprint density at radius 3 is 2.79 bits per heavy atom.